The van der Waals surface area contributed by atoms with Crippen molar-refractivity contribution in [1.29, 1.82) is 0 Å². The Kier molecular flexibility index (Phi) is 6.37. The molecule has 0 saturated heterocycles. The number of rotatable bonds is 8. The Hall–Kier alpha value is -2.79. The molecule has 1 N–H and O–H groups in total. The lowest BCUT2D eigenvalue weighted by Gasteiger charge is -2.22. The Morgan fingerprint density at radius 3 is 2.43 bits per heavy atom. The van der Waals surface area contributed by atoms with Gasteiger partial charge in [-0.2, -0.15) is 0 Å². The highest BCUT2D eigenvalue weighted by Crippen LogP contribution is 2.32. The van der Waals surface area contributed by atoms with Crippen LogP contribution in [-0.2, 0) is 6.54 Å². The minimum Gasteiger partial charge on any atom is -0.507 e. The molecule has 0 aliphatic rings. The summed E-state index contributed by atoms with van der Waals surface area (Å²) in [6, 6.07) is 10.6. The van der Waals surface area contributed by atoms with Crippen molar-refractivity contribution in [3.8, 4) is 22.6 Å². The van der Waals surface area contributed by atoms with Crippen molar-refractivity contribution in [3.63, 3.8) is 0 Å². The average molecular weight is 381 g/mol. The maximum Gasteiger partial charge on any atom is 0.200 e. The Bertz CT molecular complexity index is 1000. The summed E-state index contributed by atoms with van der Waals surface area (Å²) in [6.45, 7) is 6.65. The van der Waals surface area contributed by atoms with E-state index in [1.54, 1.807) is 19.2 Å². The number of methoxy groups -OCH3 is 1. The van der Waals surface area contributed by atoms with Gasteiger partial charge in [0.05, 0.1) is 23.6 Å². The van der Waals surface area contributed by atoms with E-state index in [4.69, 9.17) is 9.15 Å². The second-order valence-corrected chi connectivity index (χ2v) is 6.89. The molecule has 148 valence electrons. The molecule has 5 heteroatoms. The Morgan fingerprint density at radius 1 is 1.04 bits per heavy atom. The summed E-state index contributed by atoms with van der Waals surface area (Å²) in [7, 11) is 1.58. The molecule has 3 aromatic rings. The zero-order valence-electron chi connectivity index (χ0n) is 16.7. The molecule has 0 atom stereocenters. The van der Waals surface area contributed by atoms with Gasteiger partial charge >= 0.3 is 0 Å². The van der Waals surface area contributed by atoms with Crippen LogP contribution in [-0.4, -0.2) is 30.2 Å². The number of nitrogens with zero attached hydrogens (tertiary/aromatic N) is 1. The summed E-state index contributed by atoms with van der Waals surface area (Å²) in [4.78, 5) is 15.5. The van der Waals surface area contributed by atoms with E-state index >= 15 is 0 Å². The summed E-state index contributed by atoms with van der Waals surface area (Å²) in [6.07, 6.45) is 3.51. The van der Waals surface area contributed by atoms with Crippen LogP contribution in [0, 0.1) is 0 Å². The number of hydrogen-bond acceptors (Lipinski definition) is 5. The van der Waals surface area contributed by atoms with Crippen molar-refractivity contribution in [2.45, 2.75) is 33.2 Å². The minimum absolute atomic E-state index is 0.135. The summed E-state index contributed by atoms with van der Waals surface area (Å²) < 4.78 is 11.3. The normalized spacial score (nSPS) is 11.3. The highest BCUT2D eigenvalue weighted by Gasteiger charge is 2.18. The van der Waals surface area contributed by atoms with Crippen LogP contribution in [0.1, 0.15) is 32.3 Å². The van der Waals surface area contributed by atoms with Gasteiger partial charge in [0, 0.05) is 12.1 Å². The van der Waals surface area contributed by atoms with Crippen LogP contribution < -0.4 is 10.2 Å². The van der Waals surface area contributed by atoms with E-state index < -0.39 is 0 Å². The largest absolute Gasteiger partial charge is 0.507 e. The first-order valence-electron chi connectivity index (χ1n) is 9.72. The van der Waals surface area contributed by atoms with Gasteiger partial charge in [-0.3, -0.25) is 9.69 Å². The number of hydrogen-bond donors (Lipinski definition) is 1. The van der Waals surface area contributed by atoms with Crippen molar-refractivity contribution in [3.05, 3.63) is 58.4 Å². The lowest BCUT2D eigenvalue weighted by atomic mass is 10.0. The van der Waals surface area contributed by atoms with Crippen molar-refractivity contribution < 1.29 is 14.3 Å². The smallest absolute Gasteiger partial charge is 0.200 e. The highest BCUT2D eigenvalue weighted by atomic mass is 16.5. The highest BCUT2D eigenvalue weighted by molar-refractivity contribution is 5.86. The Balaban J connectivity index is 2.12. The lowest BCUT2D eigenvalue weighted by molar-refractivity contribution is 0.262. The third kappa shape index (κ3) is 3.90. The van der Waals surface area contributed by atoms with Crippen LogP contribution in [0.5, 0.6) is 11.5 Å². The molecule has 28 heavy (non-hydrogen) atoms. The molecule has 0 fully saturated rings. The second kappa shape index (κ2) is 8.93. The van der Waals surface area contributed by atoms with Gasteiger partial charge in [-0.15, -0.1) is 0 Å². The fourth-order valence-electron chi connectivity index (χ4n) is 3.58. The lowest BCUT2D eigenvalue weighted by Crippen LogP contribution is -2.25. The topological polar surface area (TPSA) is 62.9 Å². The molecule has 0 spiro atoms. The molecule has 1 heterocycles. The number of phenols is 1. The molecule has 2 aromatic carbocycles. The predicted molar refractivity (Wildman–Crippen MR) is 112 cm³/mol. The van der Waals surface area contributed by atoms with Crippen molar-refractivity contribution in [2.75, 3.05) is 20.2 Å². The van der Waals surface area contributed by atoms with E-state index in [2.05, 4.69) is 18.7 Å². The van der Waals surface area contributed by atoms with Gasteiger partial charge < -0.3 is 14.3 Å². The van der Waals surface area contributed by atoms with Crippen molar-refractivity contribution in [2.24, 2.45) is 0 Å². The van der Waals surface area contributed by atoms with Gasteiger partial charge in [0.15, 0.2) is 0 Å². The van der Waals surface area contributed by atoms with Crippen LogP contribution in [0.4, 0.5) is 0 Å². The average Bonchev–Trinajstić information content (AvgIpc) is 2.70. The zero-order valence-corrected chi connectivity index (χ0v) is 16.7. The van der Waals surface area contributed by atoms with E-state index in [9.17, 15) is 9.90 Å². The molecule has 0 unspecified atom stereocenters. The van der Waals surface area contributed by atoms with Gasteiger partial charge in [0.1, 0.15) is 23.3 Å². The molecule has 3 rings (SSSR count). The molecule has 0 aliphatic heterocycles. The minimum atomic E-state index is -0.135. The SMILES string of the molecule is CCCN(CCC)Cc1c(O)ccc2c(=O)c(-c3ccccc3OC)coc12. The predicted octanol–water partition coefficient (Wildman–Crippen LogP) is 4.80. The summed E-state index contributed by atoms with van der Waals surface area (Å²) >= 11 is 0. The van der Waals surface area contributed by atoms with E-state index in [-0.39, 0.29) is 11.2 Å². The maximum atomic E-state index is 13.2. The number of aromatic hydroxyl groups is 1. The second-order valence-electron chi connectivity index (χ2n) is 6.89. The van der Waals surface area contributed by atoms with Crippen molar-refractivity contribution in [1.82, 2.24) is 4.90 Å². The summed E-state index contributed by atoms with van der Waals surface area (Å²) in [5, 5.41) is 10.9. The number of fused-ring (bicyclic) bond motifs is 1. The third-order valence-electron chi connectivity index (χ3n) is 4.88. The maximum absolute atomic E-state index is 13.2. The first-order valence-corrected chi connectivity index (χ1v) is 9.72. The quantitative estimate of drug-likeness (QED) is 0.607. The molecule has 0 radical (unpaired) electrons. The number of benzene rings is 2. The van der Waals surface area contributed by atoms with Crippen LogP contribution in [0.2, 0.25) is 0 Å². The fourth-order valence-corrected chi connectivity index (χ4v) is 3.58. The van der Waals surface area contributed by atoms with Crippen LogP contribution in [0.3, 0.4) is 0 Å². The number of para-hydroxylation sites is 1. The van der Waals surface area contributed by atoms with Crippen molar-refractivity contribution >= 4 is 11.0 Å². The molecule has 0 amide bonds. The van der Waals surface area contributed by atoms with Crippen LogP contribution in [0.15, 0.2) is 51.9 Å². The first kappa shape index (κ1) is 20.0. The standard InChI is InChI=1S/C23H27NO4/c1-4-12-24(13-5-2)14-18-20(25)11-10-17-22(26)19(15-28-23(17)18)16-8-6-7-9-21(16)27-3/h6-11,15,25H,4-5,12-14H2,1-3H3. The molecule has 5 nitrogen and oxygen atoms in total. The molecule has 1 aromatic heterocycles. The zero-order chi connectivity index (χ0) is 20.1. The van der Waals surface area contributed by atoms with Gasteiger partial charge in [0.2, 0.25) is 5.43 Å². The summed E-state index contributed by atoms with van der Waals surface area (Å²) in [5.74, 6) is 0.767. The molecule has 0 saturated carbocycles. The third-order valence-corrected chi connectivity index (χ3v) is 4.88. The van der Waals surface area contributed by atoms with Gasteiger partial charge in [0.25, 0.3) is 0 Å². The molecular formula is C23H27NO4. The van der Waals surface area contributed by atoms with E-state index in [0.29, 0.717) is 40.0 Å². The Labute approximate surface area is 165 Å². The van der Waals surface area contributed by atoms with Gasteiger partial charge in [-0.05, 0) is 44.1 Å². The first-order chi connectivity index (χ1) is 13.6. The summed E-state index contributed by atoms with van der Waals surface area (Å²) in [5.41, 5.74) is 2.10. The number of ether oxygens (including phenoxy) is 1. The van der Waals surface area contributed by atoms with E-state index in [1.807, 2.05) is 24.3 Å². The fraction of sp³-hybridized carbons (Fsp3) is 0.348. The monoisotopic (exact) mass is 381 g/mol. The molecule has 0 bridgehead atoms. The van der Waals surface area contributed by atoms with Crippen LogP contribution >= 0.6 is 0 Å². The van der Waals surface area contributed by atoms with Gasteiger partial charge in [-0.1, -0.05) is 32.0 Å². The van der Waals surface area contributed by atoms with E-state index in [1.165, 1.54) is 6.26 Å². The Morgan fingerprint density at radius 2 is 1.75 bits per heavy atom. The number of phenolic OH excluding ortho intramolecular Hbond substituents is 1. The van der Waals surface area contributed by atoms with Crippen LogP contribution in [0.25, 0.3) is 22.1 Å². The molecular weight excluding hydrogens is 354 g/mol. The molecule has 0 aliphatic carbocycles. The van der Waals surface area contributed by atoms with Gasteiger partial charge in [-0.25, -0.2) is 0 Å². The van der Waals surface area contributed by atoms with E-state index in [0.717, 1.165) is 25.9 Å².